The summed E-state index contributed by atoms with van der Waals surface area (Å²) < 4.78 is 0. The molecule has 2 rings (SSSR count). The van der Waals surface area contributed by atoms with Gasteiger partial charge in [-0.3, -0.25) is 4.99 Å². The Balaban J connectivity index is 2.67. The number of nitrogens with zero attached hydrogens (tertiary/aromatic N) is 2. The van der Waals surface area contributed by atoms with Crippen molar-refractivity contribution in [3.05, 3.63) is 11.3 Å². The molecule has 1 fully saturated rings. The molecule has 0 bridgehead atoms. The van der Waals surface area contributed by atoms with Crippen LogP contribution in [0.1, 0.15) is 68.7 Å². The minimum atomic E-state index is 0.0439. The van der Waals surface area contributed by atoms with Gasteiger partial charge in [0.1, 0.15) is 5.84 Å². The monoisotopic (exact) mass is 305 g/mol. The van der Waals surface area contributed by atoms with Crippen molar-refractivity contribution < 1.29 is 0 Å². The van der Waals surface area contributed by atoms with E-state index < -0.39 is 0 Å². The fraction of sp³-hybridized carbons (Fsp3) is 0.842. The molecule has 0 spiro atoms. The molecular weight excluding hydrogens is 270 g/mol. The topological polar surface area (TPSA) is 41.6 Å². The van der Waals surface area contributed by atoms with Gasteiger partial charge in [0.25, 0.3) is 0 Å². The zero-order valence-electron chi connectivity index (χ0n) is 16.0. The molecule has 2 aliphatic heterocycles. The summed E-state index contributed by atoms with van der Waals surface area (Å²) in [6, 6.07) is 0.455. The molecule has 22 heavy (non-hydrogen) atoms. The molecule has 2 unspecified atom stereocenters. The number of hydrogen-bond acceptors (Lipinski definition) is 3. The summed E-state index contributed by atoms with van der Waals surface area (Å²) in [5, 5.41) is 0. The molecule has 2 aliphatic rings. The van der Waals surface area contributed by atoms with Crippen molar-refractivity contribution in [1.29, 1.82) is 0 Å². The third-order valence-corrected chi connectivity index (χ3v) is 4.59. The van der Waals surface area contributed by atoms with E-state index in [1.165, 1.54) is 17.1 Å². The van der Waals surface area contributed by atoms with E-state index in [0.717, 1.165) is 13.0 Å². The second kappa shape index (κ2) is 5.09. The first kappa shape index (κ1) is 17.5. The van der Waals surface area contributed by atoms with E-state index in [0.29, 0.717) is 0 Å². The van der Waals surface area contributed by atoms with Gasteiger partial charge in [-0.1, -0.05) is 62.3 Å². The third-order valence-electron chi connectivity index (χ3n) is 4.59. The lowest BCUT2D eigenvalue weighted by Gasteiger charge is -2.45. The lowest BCUT2D eigenvalue weighted by Crippen LogP contribution is -2.47. The fourth-order valence-corrected chi connectivity index (χ4v) is 3.72. The van der Waals surface area contributed by atoms with Crippen molar-refractivity contribution >= 4 is 5.84 Å². The number of amidine groups is 1. The Morgan fingerprint density at radius 1 is 0.955 bits per heavy atom. The predicted molar refractivity (Wildman–Crippen MR) is 95.9 cm³/mol. The average Bonchev–Trinajstić information content (AvgIpc) is 2.62. The maximum absolute atomic E-state index is 6.33. The van der Waals surface area contributed by atoms with Crippen LogP contribution in [-0.2, 0) is 0 Å². The Kier molecular flexibility index (Phi) is 4.05. The highest BCUT2D eigenvalue weighted by Crippen LogP contribution is 2.47. The molecule has 1 saturated heterocycles. The minimum absolute atomic E-state index is 0.0439. The molecule has 0 aromatic carbocycles. The van der Waals surface area contributed by atoms with E-state index in [-0.39, 0.29) is 28.3 Å². The molecule has 2 atom stereocenters. The van der Waals surface area contributed by atoms with Gasteiger partial charge in [0.15, 0.2) is 0 Å². The van der Waals surface area contributed by atoms with Crippen LogP contribution in [0.25, 0.3) is 0 Å². The summed E-state index contributed by atoms with van der Waals surface area (Å²) in [5.41, 5.74) is 9.53. The summed E-state index contributed by atoms with van der Waals surface area (Å²) in [6.45, 7) is 21.5. The maximum atomic E-state index is 6.33. The van der Waals surface area contributed by atoms with Crippen LogP contribution in [0.4, 0.5) is 0 Å². The van der Waals surface area contributed by atoms with Crippen LogP contribution in [0.3, 0.4) is 0 Å². The first-order valence-corrected chi connectivity index (χ1v) is 8.58. The third kappa shape index (κ3) is 3.10. The van der Waals surface area contributed by atoms with Crippen LogP contribution < -0.4 is 5.73 Å². The first-order valence-electron chi connectivity index (χ1n) is 8.58. The van der Waals surface area contributed by atoms with Gasteiger partial charge in [-0.05, 0) is 16.4 Å². The quantitative estimate of drug-likeness (QED) is 0.729. The van der Waals surface area contributed by atoms with Gasteiger partial charge in [-0.15, -0.1) is 0 Å². The van der Waals surface area contributed by atoms with Crippen molar-refractivity contribution in [3.63, 3.8) is 0 Å². The molecule has 2 N–H and O–H groups in total. The van der Waals surface area contributed by atoms with Crippen molar-refractivity contribution in [2.75, 3.05) is 6.54 Å². The lowest BCUT2D eigenvalue weighted by molar-refractivity contribution is 0.285. The number of nitrogens with two attached hydrogens (primary N) is 1. The van der Waals surface area contributed by atoms with Gasteiger partial charge in [0, 0.05) is 30.1 Å². The summed E-state index contributed by atoms with van der Waals surface area (Å²) in [6.07, 6.45) is 0.980. The van der Waals surface area contributed by atoms with Crippen LogP contribution >= 0.6 is 0 Å². The molecule has 0 radical (unpaired) electrons. The maximum Gasteiger partial charge on any atom is 0.109 e. The minimum Gasteiger partial charge on any atom is -0.332 e. The van der Waals surface area contributed by atoms with Crippen LogP contribution in [0.5, 0.6) is 0 Å². The van der Waals surface area contributed by atoms with E-state index in [1.807, 2.05) is 0 Å². The van der Waals surface area contributed by atoms with Gasteiger partial charge in [0.05, 0.1) is 6.04 Å². The number of fused-ring (bicyclic) bond motifs is 1. The van der Waals surface area contributed by atoms with Crippen molar-refractivity contribution in [2.45, 2.75) is 80.8 Å². The Morgan fingerprint density at radius 2 is 1.50 bits per heavy atom. The molecule has 0 amide bonds. The highest BCUT2D eigenvalue weighted by Gasteiger charge is 2.45. The van der Waals surface area contributed by atoms with E-state index in [4.69, 9.17) is 10.7 Å². The molecule has 3 heteroatoms. The number of aliphatic imine (C=N–C) groups is 1. The molecular formula is C19H35N3. The second-order valence-corrected chi connectivity index (χ2v) is 10.2. The summed E-state index contributed by atoms with van der Waals surface area (Å²) in [7, 11) is 0. The molecule has 2 heterocycles. The van der Waals surface area contributed by atoms with Crippen molar-refractivity contribution in [1.82, 2.24) is 4.90 Å². The van der Waals surface area contributed by atoms with Crippen LogP contribution in [-0.4, -0.2) is 29.4 Å². The standard InChI is InChI=1S/C19H35N3/c1-17(2,3)14-13-10-12(20)11-22(13)16(19(7,8)9)21-15(14)18(4,5)6/h12,15H,10-11,20H2,1-9H3. The Bertz CT molecular complexity index is 506. The highest BCUT2D eigenvalue weighted by atomic mass is 15.3. The normalized spacial score (nSPS) is 27.2. The fourth-order valence-electron chi connectivity index (χ4n) is 3.72. The first-order chi connectivity index (χ1) is 9.73. The average molecular weight is 306 g/mol. The Labute approximate surface area is 137 Å². The zero-order valence-corrected chi connectivity index (χ0v) is 16.0. The highest BCUT2D eigenvalue weighted by molar-refractivity contribution is 5.90. The smallest absolute Gasteiger partial charge is 0.109 e. The largest absolute Gasteiger partial charge is 0.332 e. The van der Waals surface area contributed by atoms with Gasteiger partial charge in [-0.2, -0.15) is 0 Å². The molecule has 0 aromatic rings. The molecule has 126 valence electrons. The summed E-state index contributed by atoms with van der Waals surface area (Å²) >= 11 is 0. The van der Waals surface area contributed by atoms with Crippen molar-refractivity contribution in [2.24, 2.45) is 27.0 Å². The van der Waals surface area contributed by atoms with Crippen molar-refractivity contribution in [3.8, 4) is 0 Å². The number of hydrogen-bond donors (Lipinski definition) is 1. The summed E-state index contributed by atoms with van der Waals surface area (Å²) in [4.78, 5) is 7.70. The predicted octanol–water partition coefficient (Wildman–Crippen LogP) is 4.19. The molecule has 0 aliphatic carbocycles. The lowest BCUT2D eigenvalue weighted by atomic mass is 9.70. The number of rotatable bonds is 0. The Morgan fingerprint density at radius 3 is 1.91 bits per heavy atom. The Hall–Kier alpha value is -0.830. The summed E-state index contributed by atoms with van der Waals surface area (Å²) in [5.74, 6) is 1.21. The second-order valence-electron chi connectivity index (χ2n) is 10.2. The van der Waals surface area contributed by atoms with Crippen LogP contribution in [0.2, 0.25) is 0 Å². The van der Waals surface area contributed by atoms with Crippen LogP contribution in [0.15, 0.2) is 16.3 Å². The SMILES string of the molecule is CC(C)(C)C1=NC(C(C)(C)C)C(C(C)(C)C)=C2CC(N)CN12. The van der Waals surface area contributed by atoms with E-state index in [2.05, 4.69) is 67.2 Å². The molecule has 0 aromatic heterocycles. The van der Waals surface area contributed by atoms with Gasteiger partial charge < -0.3 is 10.6 Å². The van der Waals surface area contributed by atoms with Gasteiger partial charge >= 0.3 is 0 Å². The molecule has 0 saturated carbocycles. The van der Waals surface area contributed by atoms with E-state index >= 15 is 0 Å². The van der Waals surface area contributed by atoms with E-state index in [9.17, 15) is 0 Å². The molecule has 3 nitrogen and oxygen atoms in total. The van der Waals surface area contributed by atoms with Crippen LogP contribution in [0, 0.1) is 16.2 Å². The zero-order chi connectivity index (χ0) is 17.1. The van der Waals surface area contributed by atoms with Gasteiger partial charge in [0.2, 0.25) is 0 Å². The van der Waals surface area contributed by atoms with E-state index in [1.54, 1.807) is 0 Å². The van der Waals surface area contributed by atoms with Gasteiger partial charge in [-0.25, -0.2) is 0 Å².